The van der Waals surface area contributed by atoms with Crippen LogP contribution in [0.1, 0.15) is 19.8 Å². The fourth-order valence-electron chi connectivity index (χ4n) is 2.84. The quantitative estimate of drug-likeness (QED) is 0.192. The zero-order chi connectivity index (χ0) is 22.9. The van der Waals surface area contributed by atoms with Crippen molar-refractivity contribution in [1.82, 2.24) is 14.8 Å². The van der Waals surface area contributed by atoms with Gasteiger partial charge >= 0.3 is 0 Å². The van der Waals surface area contributed by atoms with E-state index in [-0.39, 0.29) is 11.7 Å². The molecule has 6 nitrogen and oxygen atoms in total. The fourth-order valence-corrected chi connectivity index (χ4v) is 4.05. The molecule has 0 unspecified atom stereocenters. The number of carbonyl (C=O) groups is 1. The maximum Gasteiger partial charge on any atom is 0.234 e. The molecule has 2 aromatic carbocycles. The highest BCUT2D eigenvalue weighted by Crippen LogP contribution is 2.28. The highest BCUT2D eigenvalue weighted by Gasteiger charge is 2.16. The van der Waals surface area contributed by atoms with Gasteiger partial charge in [-0.3, -0.25) is 9.36 Å². The van der Waals surface area contributed by atoms with E-state index in [1.54, 1.807) is 24.3 Å². The van der Waals surface area contributed by atoms with E-state index in [0.717, 1.165) is 24.2 Å². The first-order chi connectivity index (χ1) is 15.5. The molecule has 0 bridgehead atoms. The molecule has 1 aromatic heterocycles. The van der Waals surface area contributed by atoms with Crippen LogP contribution in [0.2, 0.25) is 10.0 Å². The summed E-state index contributed by atoms with van der Waals surface area (Å²) in [6.07, 6.45) is 3.88. The summed E-state index contributed by atoms with van der Waals surface area (Å²) < 4.78 is 7.65. The molecule has 32 heavy (non-hydrogen) atoms. The van der Waals surface area contributed by atoms with Gasteiger partial charge in [0.1, 0.15) is 5.75 Å². The number of anilines is 1. The number of carbonyl (C=O) groups excluding carboxylic acids is 1. The second-order valence-corrected chi connectivity index (χ2v) is 8.68. The summed E-state index contributed by atoms with van der Waals surface area (Å²) in [5.74, 6) is 1.47. The van der Waals surface area contributed by atoms with Crippen LogP contribution >= 0.6 is 35.0 Å². The Morgan fingerprint density at radius 3 is 2.69 bits per heavy atom. The number of hydrogen-bond acceptors (Lipinski definition) is 5. The van der Waals surface area contributed by atoms with Crippen molar-refractivity contribution in [1.29, 1.82) is 0 Å². The molecule has 3 rings (SSSR count). The monoisotopic (exact) mass is 490 g/mol. The Balaban J connectivity index is 1.67. The second-order valence-electron chi connectivity index (χ2n) is 6.89. The standard InChI is InChI=1S/C23H24Cl2N4O2S/c1-3-5-13-31-18-9-6-16(7-10-18)22-27-28-23(29(22)12-4-2)32-15-21(30)26-20-11-8-17(24)14-19(20)25/h4,6-11,14H,2-3,5,12-13,15H2,1H3,(H,26,30). The predicted molar refractivity (Wildman–Crippen MR) is 132 cm³/mol. The summed E-state index contributed by atoms with van der Waals surface area (Å²) in [4.78, 5) is 12.4. The molecule has 1 heterocycles. The molecular formula is C23H24Cl2N4O2S. The van der Waals surface area contributed by atoms with Gasteiger partial charge in [-0.1, -0.05) is 54.4 Å². The Hall–Kier alpha value is -2.48. The molecule has 9 heteroatoms. The molecule has 1 N–H and O–H groups in total. The molecule has 0 saturated carbocycles. The molecular weight excluding hydrogens is 467 g/mol. The fraction of sp³-hybridized carbons (Fsp3) is 0.261. The lowest BCUT2D eigenvalue weighted by atomic mass is 10.2. The molecule has 0 aliphatic carbocycles. The number of hydrogen-bond donors (Lipinski definition) is 1. The molecule has 168 valence electrons. The molecule has 0 spiro atoms. The van der Waals surface area contributed by atoms with Crippen LogP contribution in [-0.4, -0.2) is 33.0 Å². The van der Waals surface area contributed by atoms with Gasteiger partial charge in [-0.05, 0) is 48.9 Å². The van der Waals surface area contributed by atoms with Crippen molar-refractivity contribution in [3.05, 3.63) is 65.2 Å². The number of aromatic nitrogens is 3. The summed E-state index contributed by atoms with van der Waals surface area (Å²) in [6, 6.07) is 12.7. The molecule has 0 aliphatic heterocycles. The Morgan fingerprint density at radius 1 is 1.22 bits per heavy atom. The summed E-state index contributed by atoms with van der Waals surface area (Å²) in [6.45, 7) is 7.17. The first-order valence-corrected chi connectivity index (χ1v) is 11.9. The number of allylic oxidation sites excluding steroid dienone is 1. The largest absolute Gasteiger partial charge is 0.494 e. The summed E-state index contributed by atoms with van der Waals surface area (Å²) in [5.41, 5.74) is 1.42. The topological polar surface area (TPSA) is 69.0 Å². The minimum atomic E-state index is -0.206. The van der Waals surface area contributed by atoms with Crippen LogP contribution < -0.4 is 10.1 Å². The van der Waals surface area contributed by atoms with Gasteiger partial charge in [0.15, 0.2) is 11.0 Å². The number of ether oxygens (including phenoxy) is 1. The van der Waals surface area contributed by atoms with Gasteiger partial charge in [0.2, 0.25) is 5.91 Å². The summed E-state index contributed by atoms with van der Waals surface area (Å²) in [7, 11) is 0. The Kier molecular flexibility index (Phi) is 9.02. The van der Waals surface area contributed by atoms with Crippen LogP contribution in [0.4, 0.5) is 5.69 Å². The SMILES string of the molecule is C=CCn1c(SCC(=O)Nc2ccc(Cl)cc2Cl)nnc1-c1ccc(OCCCC)cc1. The third-order valence-corrected chi connectivity index (χ3v) is 5.96. The van der Waals surface area contributed by atoms with Gasteiger partial charge in [-0.2, -0.15) is 0 Å². The second kappa shape index (κ2) is 11.9. The minimum absolute atomic E-state index is 0.151. The first-order valence-electron chi connectivity index (χ1n) is 10.2. The number of halogens is 2. The van der Waals surface area contributed by atoms with Crippen molar-refractivity contribution >= 4 is 46.6 Å². The molecule has 0 aliphatic rings. The number of rotatable bonds is 11. The Bertz CT molecular complexity index is 1070. The number of thioether (sulfide) groups is 1. The predicted octanol–water partition coefficient (Wildman–Crippen LogP) is 6.35. The molecule has 0 atom stereocenters. The van der Waals surface area contributed by atoms with E-state index < -0.39 is 0 Å². The van der Waals surface area contributed by atoms with E-state index in [2.05, 4.69) is 29.0 Å². The lowest BCUT2D eigenvalue weighted by molar-refractivity contribution is -0.113. The number of unbranched alkanes of at least 4 members (excludes halogenated alkanes) is 1. The average Bonchev–Trinajstić information content (AvgIpc) is 3.18. The van der Waals surface area contributed by atoms with Gasteiger partial charge < -0.3 is 10.1 Å². The van der Waals surface area contributed by atoms with Crippen LogP contribution in [0, 0.1) is 0 Å². The molecule has 3 aromatic rings. The average molecular weight is 491 g/mol. The van der Waals surface area contributed by atoms with Crippen LogP contribution in [0.5, 0.6) is 5.75 Å². The number of amides is 1. The van der Waals surface area contributed by atoms with Crippen LogP contribution in [-0.2, 0) is 11.3 Å². The van der Waals surface area contributed by atoms with Crippen LogP contribution in [0.3, 0.4) is 0 Å². The molecule has 0 radical (unpaired) electrons. The van der Waals surface area contributed by atoms with Gasteiger partial charge in [0, 0.05) is 17.1 Å². The minimum Gasteiger partial charge on any atom is -0.494 e. The van der Waals surface area contributed by atoms with Crippen molar-refractivity contribution in [3.63, 3.8) is 0 Å². The van der Waals surface area contributed by atoms with E-state index >= 15 is 0 Å². The van der Waals surface area contributed by atoms with Gasteiger partial charge in [0.25, 0.3) is 0 Å². The van der Waals surface area contributed by atoms with E-state index in [9.17, 15) is 4.79 Å². The third kappa shape index (κ3) is 6.51. The van der Waals surface area contributed by atoms with Crippen LogP contribution in [0.15, 0.2) is 60.3 Å². The summed E-state index contributed by atoms with van der Waals surface area (Å²) in [5, 5.41) is 12.9. The van der Waals surface area contributed by atoms with Crippen molar-refractivity contribution in [3.8, 4) is 17.1 Å². The van der Waals surface area contributed by atoms with Crippen molar-refractivity contribution in [2.75, 3.05) is 17.7 Å². The zero-order valence-electron chi connectivity index (χ0n) is 17.7. The van der Waals surface area contributed by atoms with E-state index in [1.807, 2.05) is 28.8 Å². The number of nitrogens with one attached hydrogen (secondary N) is 1. The number of benzene rings is 2. The van der Waals surface area contributed by atoms with Crippen molar-refractivity contribution in [2.24, 2.45) is 0 Å². The maximum absolute atomic E-state index is 12.4. The Morgan fingerprint density at radius 2 is 2.00 bits per heavy atom. The van der Waals surface area contributed by atoms with E-state index in [4.69, 9.17) is 27.9 Å². The molecule has 0 saturated heterocycles. The smallest absolute Gasteiger partial charge is 0.234 e. The van der Waals surface area contributed by atoms with Gasteiger partial charge in [0.05, 0.1) is 23.1 Å². The van der Waals surface area contributed by atoms with E-state index in [1.165, 1.54) is 11.8 Å². The van der Waals surface area contributed by atoms with Gasteiger partial charge in [-0.15, -0.1) is 16.8 Å². The Labute approximate surface area is 202 Å². The number of nitrogens with zero attached hydrogens (tertiary/aromatic N) is 3. The first kappa shape index (κ1) is 24.2. The lowest BCUT2D eigenvalue weighted by Gasteiger charge is -2.10. The zero-order valence-corrected chi connectivity index (χ0v) is 20.0. The normalized spacial score (nSPS) is 10.7. The third-order valence-electron chi connectivity index (χ3n) is 4.45. The maximum atomic E-state index is 12.4. The summed E-state index contributed by atoms with van der Waals surface area (Å²) >= 11 is 13.3. The van der Waals surface area contributed by atoms with Crippen molar-refractivity contribution < 1.29 is 9.53 Å². The van der Waals surface area contributed by atoms with Crippen molar-refractivity contribution in [2.45, 2.75) is 31.5 Å². The highest BCUT2D eigenvalue weighted by molar-refractivity contribution is 7.99. The van der Waals surface area contributed by atoms with Crippen LogP contribution in [0.25, 0.3) is 11.4 Å². The highest BCUT2D eigenvalue weighted by atomic mass is 35.5. The lowest BCUT2D eigenvalue weighted by Crippen LogP contribution is -2.15. The van der Waals surface area contributed by atoms with Gasteiger partial charge in [-0.25, -0.2) is 0 Å². The molecule has 0 fully saturated rings. The van der Waals surface area contributed by atoms with E-state index in [0.29, 0.717) is 39.9 Å². The molecule has 1 amide bonds.